The molecule has 1 aliphatic rings. The highest BCUT2D eigenvalue weighted by atomic mass is 16.2. The van der Waals surface area contributed by atoms with Gasteiger partial charge in [0, 0.05) is 28.8 Å². The molecule has 138 valence electrons. The van der Waals surface area contributed by atoms with E-state index in [4.69, 9.17) is 0 Å². The third kappa shape index (κ3) is 3.64. The summed E-state index contributed by atoms with van der Waals surface area (Å²) in [6, 6.07) is 24.7. The highest BCUT2D eigenvalue weighted by molar-refractivity contribution is 6.07. The van der Waals surface area contributed by atoms with Crippen LogP contribution in [0, 0.1) is 0 Å². The second kappa shape index (κ2) is 7.80. The van der Waals surface area contributed by atoms with E-state index in [0.717, 1.165) is 34.4 Å². The Morgan fingerprint density at radius 3 is 2.50 bits per heavy atom. The van der Waals surface area contributed by atoms with E-state index in [1.54, 1.807) is 12.1 Å². The standard InChI is InChI=1S/C23H19N3O2/c27-15-22-20-12-5-4-11-19(20)21(25-26-22)14-16-7-6-10-18(13-16)24-23(28)17-8-2-1-3-9-17/h1-13,15,26-27H,14H2,(H,24,28)/b22-15-. The fraction of sp³-hybridized carbons (Fsp3) is 0.0435. The van der Waals surface area contributed by atoms with Gasteiger partial charge >= 0.3 is 0 Å². The van der Waals surface area contributed by atoms with Crippen molar-refractivity contribution in [1.29, 1.82) is 0 Å². The fourth-order valence-corrected chi connectivity index (χ4v) is 3.20. The maximum absolute atomic E-state index is 12.4. The minimum Gasteiger partial charge on any atom is -0.513 e. The van der Waals surface area contributed by atoms with Crippen molar-refractivity contribution < 1.29 is 9.90 Å². The molecule has 0 saturated carbocycles. The molecule has 28 heavy (non-hydrogen) atoms. The summed E-state index contributed by atoms with van der Waals surface area (Å²) in [5.41, 5.74) is 8.59. The minimum atomic E-state index is -0.141. The number of rotatable bonds is 4. The number of anilines is 1. The number of benzene rings is 3. The number of nitrogens with one attached hydrogen (secondary N) is 2. The lowest BCUT2D eigenvalue weighted by Crippen LogP contribution is -2.21. The average molecular weight is 369 g/mol. The lowest BCUT2D eigenvalue weighted by molar-refractivity contribution is 0.102. The van der Waals surface area contributed by atoms with Crippen molar-refractivity contribution in [3.63, 3.8) is 0 Å². The number of carbonyl (C=O) groups excluding carboxylic acids is 1. The van der Waals surface area contributed by atoms with Crippen molar-refractivity contribution in [2.75, 3.05) is 5.32 Å². The summed E-state index contributed by atoms with van der Waals surface area (Å²) in [7, 11) is 0. The second-order valence-electron chi connectivity index (χ2n) is 6.46. The van der Waals surface area contributed by atoms with Gasteiger partial charge in [0.05, 0.1) is 11.4 Å². The zero-order valence-electron chi connectivity index (χ0n) is 15.1. The second-order valence-corrected chi connectivity index (χ2v) is 6.46. The van der Waals surface area contributed by atoms with Crippen LogP contribution in [0.25, 0.3) is 5.70 Å². The quantitative estimate of drug-likeness (QED) is 0.599. The molecule has 0 saturated heterocycles. The normalized spacial score (nSPS) is 14.0. The van der Waals surface area contributed by atoms with E-state index >= 15 is 0 Å². The van der Waals surface area contributed by atoms with Crippen LogP contribution in [0.4, 0.5) is 5.69 Å². The van der Waals surface area contributed by atoms with Crippen LogP contribution in [0.15, 0.2) is 90.2 Å². The zero-order chi connectivity index (χ0) is 19.3. The SMILES string of the molecule is O=C(Nc1cccc(CC2=NN/C(=C\O)c3ccccc32)c1)c1ccccc1. The highest BCUT2D eigenvalue weighted by Crippen LogP contribution is 2.24. The van der Waals surface area contributed by atoms with Gasteiger partial charge in [-0.15, -0.1) is 0 Å². The molecule has 1 aliphatic heterocycles. The Kier molecular flexibility index (Phi) is 4.89. The molecule has 1 heterocycles. The first kappa shape index (κ1) is 17.5. The Balaban J connectivity index is 1.55. The van der Waals surface area contributed by atoms with Crippen LogP contribution in [0.1, 0.15) is 27.0 Å². The average Bonchev–Trinajstić information content (AvgIpc) is 2.75. The number of aliphatic hydroxyl groups excluding tert-OH is 1. The Hall–Kier alpha value is -3.86. The lowest BCUT2D eigenvalue weighted by Gasteiger charge is -2.19. The molecule has 0 aliphatic carbocycles. The molecule has 5 heteroatoms. The van der Waals surface area contributed by atoms with E-state index in [2.05, 4.69) is 15.8 Å². The van der Waals surface area contributed by atoms with Crippen molar-refractivity contribution in [1.82, 2.24) is 5.43 Å². The highest BCUT2D eigenvalue weighted by Gasteiger charge is 2.18. The van der Waals surface area contributed by atoms with Gasteiger partial charge < -0.3 is 10.4 Å². The zero-order valence-corrected chi connectivity index (χ0v) is 15.1. The summed E-state index contributed by atoms with van der Waals surface area (Å²) in [6.07, 6.45) is 1.62. The summed E-state index contributed by atoms with van der Waals surface area (Å²) in [6.45, 7) is 0. The first-order valence-corrected chi connectivity index (χ1v) is 8.96. The monoisotopic (exact) mass is 369 g/mol. The van der Waals surface area contributed by atoms with E-state index in [1.807, 2.05) is 66.7 Å². The number of carbonyl (C=O) groups is 1. The van der Waals surface area contributed by atoms with Crippen LogP contribution in [0.5, 0.6) is 0 Å². The molecule has 0 spiro atoms. The smallest absolute Gasteiger partial charge is 0.255 e. The Morgan fingerprint density at radius 1 is 0.964 bits per heavy atom. The predicted octanol–water partition coefficient (Wildman–Crippen LogP) is 4.35. The van der Waals surface area contributed by atoms with Crippen LogP contribution in [0.3, 0.4) is 0 Å². The third-order valence-electron chi connectivity index (χ3n) is 4.56. The Morgan fingerprint density at radius 2 is 1.71 bits per heavy atom. The molecule has 3 aromatic carbocycles. The molecular formula is C23H19N3O2. The molecule has 3 N–H and O–H groups in total. The number of fused-ring (bicyclic) bond motifs is 1. The van der Waals surface area contributed by atoms with Gasteiger partial charge in [-0.3, -0.25) is 10.2 Å². The topological polar surface area (TPSA) is 73.7 Å². The molecule has 0 bridgehead atoms. The molecule has 0 unspecified atom stereocenters. The molecule has 0 aromatic heterocycles. The van der Waals surface area contributed by atoms with Gasteiger partial charge in [0.2, 0.25) is 0 Å². The minimum absolute atomic E-state index is 0.141. The molecule has 3 aromatic rings. The third-order valence-corrected chi connectivity index (χ3v) is 4.56. The van der Waals surface area contributed by atoms with E-state index in [1.165, 1.54) is 0 Å². The predicted molar refractivity (Wildman–Crippen MR) is 111 cm³/mol. The number of nitrogens with zero attached hydrogens (tertiary/aromatic N) is 1. The number of aliphatic hydroxyl groups is 1. The molecule has 1 amide bonds. The lowest BCUT2D eigenvalue weighted by atomic mass is 9.95. The summed E-state index contributed by atoms with van der Waals surface area (Å²) in [4.78, 5) is 12.4. The Labute approximate surface area is 163 Å². The number of hydrazone groups is 1. The van der Waals surface area contributed by atoms with Gasteiger partial charge in [0.25, 0.3) is 5.91 Å². The van der Waals surface area contributed by atoms with E-state index in [0.29, 0.717) is 17.7 Å². The largest absolute Gasteiger partial charge is 0.513 e. The number of hydrogen-bond acceptors (Lipinski definition) is 4. The molecular weight excluding hydrogens is 350 g/mol. The molecule has 0 fully saturated rings. The summed E-state index contributed by atoms with van der Waals surface area (Å²) >= 11 is 0. The van der Waals surface area contributed by atoms with Gasteiger partial charge in [-0.25, -0.2) is 0 Å². The maximum Gasteiger partial charge on any atom is 0.255 e. The van der Waals surface area contributed by atoms with Crippen LogP contribution < -0.4 is 10.7 Å². The van der Waals surface area contributed by atoms with Crippen molar-refractivity contribution >= 4 is 23.0 Å². The van der Waals surface area contributed by atoms with E-state index in [-0.39, 0.29) is 5.91 Å². The van der Waals surface area contributed by atoms with Crippen molar-refractivity contribution in [2.45, 2.75) is 6.42 Å². The fourth-order valence-electron chi connectivity index (χ4n) is 3.20. The van der Waals surface area contributed by atoms with E-state index in [9.17, 15) is 9.90 Å². The van der Waals surface area contributed by atoms with Gasteiger partial charge in [-0.1, -0.05) is 54.6 Å². The number of amides is 1. The molecule has 0 atom stereocenters. The number of hydrogen-bond donors (Lipinski definition) is 3. The van der Waals surface area contributed by atoms with Gasteiger partial charge in [0.1, 0.15) is 6.26 Å². The van der Waals surface area contributed by atoms with Gasteiger partial charge in [-0.2, -0.15) is 5.10 Å². The van der Waals surface area contributed by atoms with Gasteiger partial charge in [0.15, 0.2) is 0 Å². The van der Waals surface area contributed by atoms with Crippen LogP contribution in [-0.4, -0.2) is 16.7 Å². The first-order valence-electron chi connectivity index (χ1n) is 8.96. The van der Waals surface area contributed by atoms with Crippen LogP contribution in [-0.2, 0) is 6.42 Å². The Bertz CT molecular complexity index is 1070. The van der Waals surface area contributed by atoms with Crippen molar-refractivity contribution in [2.24, 2.45) is 5.10 Å². The van der Waals surface area contributed by atoms with Gasteiger partial charge in [-0.05, 0) is 29.8 Å². The summed E-state index contributed by atoms with van der Waals surface area (Å²) in [5.74, 6) is -0.141. The van der Waals surface area contributed by atoms with Crippen LogP contribution in [0.2, 0.25) is 0 Å². The molecule has 4 rings (SSSR count). The summed E-state index contributed by atoms with van der Waals surface area (Å²) in [5, 5.41) is 16.7. The first-order chi connectivity index (χ1) is 13.7. The molecule has 5 nitrogen and oxygen atoms in total. The maximum atomic E-state index is 12.4. The van der Waals surface area contributed by atoms with Crippen molar-refractivity contribution in [3.05, 3.63) is 107 Å². The van der Waals surface area contributed by atoms with Crippen molar-refractivity contribution in [3.8, 4) is 0 Å². The summed E-state index contributed by atoms with van der Waals surface area (Å²) < 4.78 is 0. The molecule has 0 radical (unpaired) electrons. The van der Waals surface area contributed by atoms with Crippen LogP contribution >= 0.6 is 0 Å². The van der Waals surface area contributed by atoms with E-state index < -0.39 is 0 Å².